The lowest BCUT2D eigenvalue weighted by Gasteiger charge is -1.98. The van der Waals surface area contributed by atoms with Gasteiger partial charge in [-0.15, -0.1) is 12.3 Å². The second kappa shape index (κ2) is 3.82. The van der Waals surface area contributed by atoms with Crippen LogP contribution >= 0.6 is 0 Å². The van der Waals surface area contributed by atoms with Gasteiger partial charge in [0, 0.05) is 6.20 Å². The van der Waals surface area contributed by atoms with Gasteiger partial charge < -0.3 is 5.11 Å². The molecule has 0 unspecified atom stereocenters. The van der Waals surface area contributed by atoms with Gasteiger partial charge in [0.25, 0.3) is 0 Å². The largest absolute Gasteiger partial charge is 0.477 e. The lowest BCUT2D eigenvalue weighted by Crippen LogP contribution is -2.22. The fraction of sp³-hybridized carbons (Fsp3) is 0. The topological polar surface area (TPSA) is 50.2 Å². The van der Waals surface area contributed by atoms with Gasteiger partial charge in [0.05, 0.1) is 0 Å². The Hall–Kier alpha value is -1.42. The average molecular weight is 177 g/mol. The first kappa shape index (κ1) is 8.67. The standard InChI is InChI=1S/C8H7NO2Si/c1-2-12-6-4-3-5-9-7(6)8(10)11/h2-5H,1H2,(H,10,11). The summed E-state index contributed by atoms with van der Waals surface area (Å²) < 4.78 is 0. The van der Waals surface area contributed by atoms with Gasteiger partial charge in [0.1, 0.15) is 15.2 Å². The van der Waals surface area contributed by atoms with Gasteiger partial charge >= 0.3 is 5.97 Å². The van der Waals surface area contributed by atoms with Gasteiger partial charge in [0.2, 0.25) is 0 Å². The quantitative estimate of drug-likeness (QED) is 0.673. The third-order valence-corrected chi connectivity index (χ3v) is 2.19. The molecule has 4 heteroatoms. The average Bonchev–Trinajstić information content (AvgIpc) is 2.05. The summed E-state index contributed by atoms with van der Waals surface area (Å²) >= 11 is 0. The molecular weight excluding hydrogens is 170 g/mol. The Labute approximate surface area is 72.6 Å². The van der Waals surface area contributed by atoms with Gasteiger partial charge in [-0.3, -0.25) is 0 Å². The predicted molar refractivity (Wildman–Crippen MR) is 46.8 cm³/mol. The van der Waals surface area contributed by atoms with Crippen molar-refractivity contribution in [1.82, 2.24) is 4.98 Å². The number of aromatic carboxylic acids is 1. The van der Waals surface area contributed by atoms with E-state index in [1.165, 1.54) is 6.20 Å². The molecule has 0 atom stereocenters. The van der Waals surface area contributed by atoms with E-state index in [0.717, 1.165) is 5.19 Å². The normalized spacial score (nSPS) is 9.33. The number of aromatic nitrogens is 1. The van der Waals surface area contributed by atoms with E-state index < -0.39 is 5.97 Å². The summed E-state index contributed by atoms with van der Waals surface area (Å²) in [6.07, 6.45) is 1.47. The lowest BCUT2D eigenvalue weighted by atomic mass is 10.3. The zero-order valence-electron chi connectivity index (χ0n) is 6.32. The molecule has 0 aliphatic heterocycles. The summed E-state index contributed by atoms with van der Waals surface area (Å²) in [4.78, 5) is 14.4. The molecule has 0 aliphatic rings. The monoisotopic (exact) mass is 177 g/mol. The van der Waals surface area contributed by atoms with Crippen LogP contribution in [0.2, 0.25) is 0 Å². The van der Waals surface area contributed by atoms with Crippen molar-refractivity contribution in [2.45, 2.75) is 0 Å². The molecule has 0 saturated heterocycles. The van der Waals surface area contributed by atoms with Crippen LogP contribution in [0.1, 0.15) is 10.5 Å². The summed E-state index contributed by atoms with van der Waals surface area (Å²) in [5, 5.41) is 9.42. The van der Waals surface area contributed by atoms with Crippen molar-refractivity contribution in [3.8, 4) is 0 Å². The molecule has 0 bridgehead atoms. The second-order valence-electron chi connectivity index (χ2n) is 2.05. The third kappa shape index (κ3) is 1.79. The highest BCUT2D eigenvalue weighted by molar-refractivity contribution is 6.59. The maximum atomic E-state index is 10.6. The highest BCUT2D eigenvalue weighted by Gasteiger charge is 2.08. The van der Waals surface area contributed by atoms with E-state index in [-0.39, 0.29) is 5.69 Å². The first-order valence-corrected chi connectivity index (χ1v) is 4.39. The Balaban J connectivity index is 3.07. The molecule has 2 radical (unpaired) electrons. The van der Waals surface area contributed by atoms with Crippen molar-refractivity contribution in [3.63, 3.8) is 0 Å². The molecule has 0 fully saturated rings. The van der Waals surface area contributed by atoms with E-state index in [9.17, 15) is 4.79 Å². The third-order valence-electron chi connectivity index (χ3n) is 1.27. The molecular formula is C8H7NO2Si. The van der Waals surface area contributed by atoms with E-state index in [1.807, 2.05) is 0 Å². The molecule has 1 rings (SSSR count). The molecule has 0 aliphatic carbocycles. The van der Waals surface area contributed by atoms with Crippen molar-refractivity contribution in [1.29, 1.82) is 0 Å². The zero-order chi connectivity index (χ0) is 8.97. The number of nitrogens with zero attached hydrogens (tertiary/aromatic N) is 1. The first-order chi connectivity index (χ1) is 5.75. The number of carboxylic acids is 1. The maximum absolute atomic E-state index is 10.6. The van der Waals surface area contributed by atoms with Crippen LogP contribution in [0.25, 0.3) is 0 Å². The highest BCUT2D eigenvalue weighted by Crippen LogP contribution is 1.89. The van der Waals surface area contributed by atoms with E-state index in [4.69, 9.17) is 5.11 Å². The molecule has 1 heterocycles. The summed E-state index contributed by atoms with van der Waals surface area (Å²) in [5.41, 5.74) is 1.81. The number of carboxylic acid groups (broad SMARTS) is 1. The molecule has 0 amide bonds. The molecule has 60 valence electrons. The maximum Gasteiger partial charge on any atom is 0.354 e. The molecule has 0 aromatic carbocycles. The Morgan fingerprint density at radius 3 is 3.08 bits per heavy atom. The van der Waals surface area contributed by atoms with Crippen LogP contribution in [0, 0.1) is 0 Å². The number of carbonyl (C=O) groups is 1. The van der Waals surface area contributed by atoms with Crippen LogP contribution in [0.15, 0.2) is 30.6 Å². The van der Waals surface area contributed by atoms with Crippen LogP contribution in [0.3, 0.4) is 0 Å². The van der Waals surface area contributed by atoms with Gasteiger partial charge in [-0.25, -0.2) is 9.78 Å². The van der Waals surface area contributed by atoms with Crippen molar-refractivity contribution < 1.29 is 9.90 Å². The minimum atomic E-state index is -0.986. The molecule has 0 spiro atoms. The fourth-order valence-electron chi connectivity index (χ4n) is 0.802. The van der Waals surface area contributed by atoms with Gasteiger partial charge in [-0.1, -0.05) is 6.07 Å². The number of rotatable bonds is 3. The summed E-state index contributed by atoms with van der Waals surface area (Å²) in [7, 11) is 0.299. The Bertz CT molecular complexity index is 312. The number of hydrogen-bond acceptors (Lipinski definition) is 2. The Morgan fingerprint density at radius 2 is 2.50 bits per heavy atom. The van der Waals surface area contributed by atoms with Crippen LogP contribution in [0.5, 0.6) is 0 Å². The van der Waals surface area contributed by atoms with Crippen LogP contribution in [0.4, 0.5) is 0 Å². The number of hydrogen-bond donors (Lipinski definition) is 1. The smallest absolute Gasteiger partial charge is 0.354 e. The Kier molecular flexibility index (Phi) is 2.76. The van der Waals surface area contributed by atoms with Crippen LogP contribution in [-0.2, 0) is 0 Å². The van der Waals surface area contributed by atoms with Crippen molar-refractivity contribution in [3.05, 3.63) is 36.3 Å². The van der Waals surface area contributed by atoms with E-state index in [2.05, 4.69) is 11.6 Å². The van der Waals surface area contributed by atoms with E-state index in [0.29, 0.717) is 9.52 Å². The molecule has 1 aromatic heterocycles. The first-order valence-electron chi connectivity index (χ1n) is 3.31. The van der Waals surface area contributed by atoms with Crippen molar-refractivity contribution >= 4 is 20.7 Å². The summed E-state index contributed by atoms with van der Waals surface area (Å²) in [6.45, 7) is 3.55. The summed E-state index contributed by atoms with van der Waals surface area (Å²) in [5.74, 6) is -0.986. The molecule has 12 heavy (non-hydrogen) atoms. The fourth-order valence-corrected chi connectivity index (χ4v) is 1.52. The summed E-state index contributed by atoms with van der Waals surface area (Å²) in [6, 6.07) is 3.47. The molecule has 3 nitrogen and oxygen atoms in total. The van der Waals surface area contributed by atoms with Gasteiger partial charge in [-0.05, 0) is 11.3 Å². The van der Waals surface area contributed by atoms with Gasteiger partial charge in [0.15, 0.2) is 0 Å². The van der Waals surface area contributed by atoms with Gasteiger partial charge in [-0.2, -0.15) is 0 Å². The van der Waals surface area contributed by atoms with Crippen LogP contribution < -0.4 is 5.19 Å². The van der Waals surface area contributed by atoms with Crippen LogP contribution in [-0.4, -0.2) is 25.6 Å². The molecule has 1 aromatic rings. The second-order valence-corrected chi connectivity index (χ2v) is 3.29. The molecule has 1 N–H and O–H groups in total. The SMILES string of the molecule is C=C[Si]c1cccnc1C(=O)O. The Morgan fingerprint density at radius 1 is 1.75 bits per heavy atom. The van der Waals surface area contributed by atoms with Crippen molar-refractivity contribution in [2.24, 2.45) is 0 Å². The zero-order valence-corrected chi connectivity index (χ0v) is 7.32. The minimum Gasteiger partial charge on any atom is -0.477 e. The number of pyridine rings is 1. The lowest BCUT2D eigenvalue weighted by molar-refractivity contribution is 0.0692. The minimum absolute atomic E-state index is 0.121. The van der Waals surface area contributed by atoms with E-state index in [1.54, 1.807) is 17.8 Å². The highest BCUT2D eigenvalue weighted by atomic mass is 28.2. The van der Waals surface area contributed by atoms with Crippen molar-refractivity contribution in [2.75, 3.05) is 0 Å². The predicted octanol–water partition coefficient (Wildman–Crippen LogP) is 0.253. The van der Waals surface area contributed by atoms with E-state index >= 15 is 0 Å². The molecule has 0 saturated carbocycles.